The molecule has 1 heterocycles. The highest BCUT2D eigenvalue weighted by molar-refractivity contribution is 5.89. The standard InChI is InChI=1S/C32H36N6O4/c1-35(18-17-24-13-15-28(42-3)16-14-24)31(40)29(19-25-9-11-26(20-33)12-10-25)37-23-38(36(2)22-30(37)39)32(41)34-21-27-7-5-4-6-8-27/h4-16,29H,17-19,21-23H2,1-3H3,(H,34,41). The van der Waals surface area contributed by atoms with Crippen LogP contribution in [0.2, 0.25) is 0 Å². The molecule has 0 bridgehead atoms. The second kappa shape index (κ2) is 14.1. The van der Waals surface area contributed by atoms with E-state index < -0.39 is 6.04 Å². The molecule has 0 spiro atoms. The first-order valence-electron chi connectivity index (χ1n) is 13.8. The first-order chi connectivity index (χ1) is 20.3. The van der Waals surface area contributed by atoms with Crippen LogP contribution in [-0.4, -0.2) is 84.7 Å². The first kappa shape index (κ1) is 30.1. The summed E-state index contributed by atoms with van der Waals surface area (Å²) in [5.74, 6) is 0.284. The van der Waals surface area contributed by atoms with E-state index >= 15 is 0 Å². The van der Waals surface area contributed by atoms with Gasteiger partial charge in [0.15, 0.2) is 0 Å². The molecule has 10 heteroatoms. The molecule has 3 aromatic carbocycles. The summed E-state index contributed by atoms with van der Waals surface area (Å²) in [5.41, 5.74) is 3.32. The summed E-state index contributed by atoms with van der Waals surface area (Å²) in [7, 11) is 5.02. The van der Waals surface area contributed by atoms with Crippen LogP contribution in [0.5, 0.6) is 5.75 Å². The average molecular weight is 569 g/mol. The smallest absolute Gasteiger partial charge is 0.333 e. The zero-order valence-electron chi connectivity index (χ0n) is 24.2. The van der Waals surface area contributed by atoms with Gasteiger partial charge >= 0.3 is 6.03 Å². The number of nitrogens with one attached hydrogen (secondary N) is 1. The average Bonchev–Trinajstić information content (AvgIpc) is 3.02. The van der Waals surface area contributed by atoms with Crippen molar-refractivity contribution in [3.05, 3.63) is 101 Å². The third kappa shape index (κ3) is 7.65. The maximum Gasteiger partial charge on any atom is 0.333 e. The lowest BCUT2D eigenvalue weighted by Gasteiger charge is -2.44. The van der Waals surface area contributed by atoms with Gasteiger partial charge < -0.3 is 19.9 Å². The van der Waals surface area contributed by atoms with Crippen LogP contribution in [0, 0.1) is 11.3 Å². The maximum atomic E-state index is 13.9. The Hall–Kier alpha value is -4.88. The van der Waals surface area contributed by atoms with E-state index in [1.54, 1.807) is 55.4 Å². The van der Waals surface area contributed by atoms with Gasteiger partial charge in [0.25, 0.3) is 0 Å². The molecule has 0 radical (unpaired) electrons. The van der Waals surface area contributed by atoms with Crippen LogP contribution in [0.25, 0.3) is 0 Å². The normalized spacial score (nSPS) is 14.2. The van der Waals surface area contributed by atoms with Gasteiger partial charge in [-0.2, -0.15) is 5.26 Å². The molecule has 1 saturated heterocycles. The van der Waals surface area contributed by atoms with Crippen molar-refractivity contribution in [3.8, 4) is 11.8 Å². The number of ether oxygens (including phenoxy) is 1. The highest BCUT2D eigenvalue weighted by Gasteiger charge is 2.39. The minimum Gasteiger partial charge on any atom is -0.497 e. The summed E-state index contributed by atoms with van der Waals surface area (Å²) in [4.78, 5) is 43.6. The topological polar surface area (TPSA) is 109 Å². The molecule has 0 aliphatic carbocycles. The number of hydrogen-bond acceptors (Lipinski definition) is 6. The molecule has 1 N–H and O–H groups in total. The van der Waals surface area contributed by atoms with Crippen LogP contribution in [0.15, 0.2) is 78.9 Å². The van der Waals surface area contributed by atoms with E-state index in [1.165, 1.54) is 9.91 Å². The lowest BCUT2D eigenvalue weighted by atomic mass is 10.0. The van der Waals surface area contributed by atoms with Crippen LogP contribution in [-0.2, 0) is 29.0 Å². The fourth-order valence-electron chi connectivity index (χ4n) is 4.78. The number of rotatable bonds is 10. The van der Waals surface area contributed by atoms with Gasteiger partial charge in [-0.3, -0.25) is 9.59 Å². The Morgan fingerprint density at radius 2 is 1.67 bits per heavy atom. The number of methoxy groups -OCH3 is 1. The molecule has 4 rings (SSSR count). The van der Waals surface area contributed by atoms with Gasteiger partial charge in [-0.05, 0) is 47.4 Å². The molecule has 4 amide bonds. The Morgan fingerprint density at radius 3 is 2.31 bits per heavy atom. The number of hydrogen-bond donors (Lipinski definition) is 1. The predicted octanol–water partition coefficient (Wildman–Crippen LogP) is 3.04. The molecule has 1 aliphatic heterocycles. The van der Waals surface area contributed by atoms with Gasteiger partial charge in [0.2, 0.25) is 11.8 Å². The molecule has 1 unspecified atom stereocenters. The number of carbonyl (C=O) groups is 3. The maximum absolute atomic E-state index is 13.9. The Labute approximate surface area is 246 Å². The van der Waals surface area contributed by atoms with Crippen LogP contribution in [0.1, 0.15) is 22.3 Å². The van der Waals surface area contributed by atoms with Crippen LogP contribution >= 0.6 is 0 Å². The minimum absolute atomic E-state index is 0.0501. The second-order valence-corrected chi connectivity index (χ2v) is 10.3. The number of urea groups is 1. The molecular formula is C32H36N6O4. The number of nitrogens with zero attached hydrogens (tertiary/aromatic N) is 5. The summed E-state index contributed by atoms with van der Waals surface area (Å²) in [6.45, 7) is 0.651. The van der Waals surface area contributed by atoms with Crippen LogP contribution < -0.4 is 10.1 Å². The SMILES string of the molecule is COc1ccc(CCN(C)C(=O)C(Cc2ccc(C#N)cc2)N2CN(C(=O)NCc3ccccc3)N(C)CC2=O)cc1. The van der Waals surface area contributed by atoms with Crippen molar-refractivity contribution in [2.45, 2.75) is 25.4 Å². The summed E-state index contributed by atoms with van der Waals surface area (Å²) >= 11 is 0. The minimum atomic E-state index is -0.843. The molecular weight excluding hydrogens is 532 g/mol. The summed E-state index contributed by atoms with van der Waals surface area (Å²) in [5, 5.41) is 15.1. The third-order valence-electron chi connectivity index (χ3n) is 7.35. The van der Waals surface area contributed by atoms with E-state index in [0.717, 1.165) is 22.4 Å². The van der Waals surface area contributed by atoms with Crippen molar-refractivity contribution in [1.82, 2.24) is 25.1 Å². The number of carbonyl (C=O) groups excluding carboxylic acids is 3. The van der Waals surface area contributed by atoms with Crippen LogP contribution in [0.3, 0.4) is 0 Å². The monoisotopic (exact) mass is 568 g/mol. The fraction of sp³-hybridized carbons (Fsp3) is 0.312. The fourth-order valence-corrected chi connectivity index (χ4v) is 4.78. The number of amides is 4. The predicted molar refractivity (Wildman–Crippen MR) is 158 cm³/mol. The van der Waals surface area contributed by atoms with E-state index in [-0.39, 0.29) is 37.5 Å². The largest absolute Gasteiger partial charge is 0.497 e. The summed E-state index contributed by atoms with van der Waals surface area (Å²) in [6, 6.07) is 25.1. The summed E-state index contributed by atoms with van der Waals surface area (Å²) in [6.07, 6.45) is 0.868. The Morgan fingerprint density at radius 1 is 1.00 bits per heavy atom. The zero-order chi connectivity index (χ0) is 30.1. The molecule has 42 heavy (non-hydrogen) atoms. The quantitative estimate of drug-likeness (QED) is 0.403. The van der Waals surface area contributed by atoms with E-state index in [9.17, 15) is 19.6 Å². The number of nitriles is 1. The van der Waals surface area contributed by atoms with Crippen molar-refractivity contribution in [2.24, 2.45) is 0 Å². The zero-order valence-corrected chi connectivity index (χ0v) is 24.2. The van der Waals surface area contributed by atoms with Crippen molar-refractivity contribution in [1.29, 1.82) is 5.26 Å². The number of benzene rings is 3. The van der Waals surface area contributed by atoms with Crippen LogP contribution in [0.4, 0.5) is 4.79 Å². The Kier molecular flexibility index (Phi) is 10.1. The molecule has 0 aromatic heterocycles. The highest BCUT2D eigenvalue weighted by atomic mass is 16.5. The Bertz CT molecular complexity index is 1410. The van der Waals surface area contributed by atoms with Crippen molar-refractivity contribution >= 4 is 17.8 Å². The highest BCUT2D eigenvalue weighted by Crippen LogP contribution is 2.19. The molecule has 1 fully saturated rings. The van der Waals surface area contributed by atoms with E-state index in [1.807, 2.05) is 54.6 Å². The second-order valence-electron chi connectivity index (χ2n) is 10.3. The van der Waals surface area contributed by atoms with Gasteiger partial charge in [-0.15, -0.1) is 0 Å². The molecule has 0 saturated carbocycles. The third-order valence-corrected chi connectivity index (χ3v) is 7.35. The van der Waals surface area contributed by atoms with Gasteiger partial charge in [-0.25, -0.2) is 14.8 Å². The molecule has 218 valence electrons. The van der Waals surface area contributed by atoms with Crippen molar-refractivity contribution < 1.29 is 19.1 Å². The van der Waals surface area contributed by atoms with Gasteiger partial charge in [0.05, 0.1) is 25.3 Å². The van der Waals surface area contributed by atoms with E-state index in [2.05, 4.69) is 11.4 Å². The van der Waals surface area contributed by atoms with Gasteiger partial charge in [0.1, 0.15) is 18.5 Å². The van der Waals surface area contributed by atoms with E-state index in [0.29, 0.717) is 25.1 Å². The lowest BCUT2D eigenvalue weighted by molar-refractivity contribution is -0.160. The van der Waals surface area contributed by atoms with Gasteiger partial charge in [0, 0.05) is 33.6 Å². The summed E-state index contributed by atoms with van der Waals surface area (Å²) < 4.78 is 5.23. The lowest BCUT2D eigenvalue weighted by Crippen LogP contribution is -2.65. The Balaban J connectivity index is 1.52. The number of hydrazine groups is 1. The van der Waals surface area contributed by atoms with E-state index in [4.69, 9.17) is 4.74 Å². The first-order valence-corrected chi connectivity index (χ1v) is 13.8. The van der Waals surface area contributed by atoms with Gasteiger partial charge in [-0.1, -0.05) is 54.6 Å². The molecule has 3 aromatic rings. The molecule has 1 aliphatic rings. The number of likely N-dealkylation sites (N-methyl/N-ethyl adjacent to an activating group) is 2. The molecule has 10 nitrogen and oxygen atoms in total. The molecule has 1 atom stereocenters. The van der Waals surface area contributed by atoms with Crippen molar-refractivity contribution in [3.63, 3.8) is 0 Å². The van der Waals surface area contributed by atoms with Crippen molar-refractivity contribution in [2.75, 3.05) is 41.0 Å².